The van der Waals surface area contributed by atoms with Gasteiger partial charge < -0.3 is 5.32 Å². The van der Waals surface area contributed by atoms with Crippen LogP contribution in [0.5, 0.6) is 0 Å². The molecule has 0 bridgehead atoms. The van der Waals surface area contributed by atoms with Crippen molar-refractivity contribution < 1.29 is 0 Å². The van der Waals surface area contributed by atoms with Crippen LogP contribution in [-0.2, 0) is 0 Å². The molecule has 0 spiro atoms. The van der Waals surface area contributed by atoms with E-state index in [9.17, 15) is 0 Å². The van der Waals surface area contributed by atoms with E-state index in [4.69, 9.17) is 11.6 Å². The number of nitrogens with one attached hydrogen (secondary N) is 1. The van der Waals surface area contributed by atoms with E-state index >= 15 is 0 Å². The third kappa shape index (κ3) is 3.92. The predicted octanol–water partition coefficient (Wildman–Crippen LogP) is 3.75. The zero-order valence-corrected chi connectivity index (χ0v) is 14.5. The fourth-order valence-electron chi connectivity index (χ4n) is 3.23. The number of aromatic nitrogens is 1. The van der Waals surface area contributed by atoms with Crippen molar-refractivity contribution in [2.24, 2.45) is 5.92 Å². The molecule has 23 heavy (non-hydrogen) atoms. The first kappa shape index (κ1) is 16.4. The topological polar surface area (TPSA) is 28.2 Å². The molecule has 0 saturated carbocycles. The fourth-order valence-corrected chi connectivity index (χ4v) is 3.36. The maximum absolute atomic E-state index is 6.07. The monoisotopic (exact) mass is 329 g/mol. The number of nitrogens with zero attached hydrogens (tertiary/aromatic N) is 2. The van der Waals surface area contributed by atoms with E-state index in [1.807, 2.05) is 24.4 Å². The van der Waals surface area contributed by atoms with Gasteiger partial charge in [0, 0.05) is 36.9 Å². The Hall–Kier alpha value is -1.42. The third-order valence-corrected chi connectivity index (χ3v) is 4.81. The molecule has 1 unspecified atom stereocenters. The highest BCUT2D eigenvalue weighted by Crippen LogP contribution is 2.29. The molecule has 1 saturated heterocycles. The van der Waals surface area contributed by atoms with Crippen molar-refractivity contribution >= 4 is 11.6 Å². The maximum atomic E-state index is 6.07. The summed E-state index contributed by atoms with van der Waals surface area (Å²) < 4.78 is 0. The van der Waals surface area contributed by atoms with Crippen molar-refractivity contribution in [2.45, 2.75) is 25.9 Å². The van der Waals surface area contributed by atoms with E-state index in [0.717, 1.165) is 30.4 Å². The van der Waals surface area contributed by atoms with Crippen molar-refractivity contribution in [1.29, 1.82) is 0 Å². The molecule has 0 aliphatic carbocycles. The first-order valence-electron chi connectivity index (χ1n) is 8.29. The number of hydrogen-bond acceptors (Lipinski definition) is 3. The predicted molar refractivity (Wildman–Crippen MR) is 95.7 cm³/mol. The van der Waals surface area contributed by atoms with Gasteiger partial charge >= 0.3 is 0 Å². The van der Waals surface area contributed by atoms with Gasteiger partial charge in [-0.1, -0.05) is 43.6 Å². The molecule has 2 heterocycles. The van der Waals surface area contributed by atoms with Crippen molar-refractivity contribution in [3.63, 3.8) is 0 Å². The Bertz CT molecular complexity index is 612. The Morgan fingerprint density at radius 1 is 1.17 bits per heavy atom. The van der Waals surface area contributed by atoms with Crippen LogP contribution >= 0.6 is 11.6 Å². The number of pyridine rings is 1. The molecule has 4 heteroatoms. The van der Waals surface area contributed by atoms with Crippen LogP contribution in [0.25, 0.3) is 0 Å². The quantitative estimate of drug-likeness (QED) is 0.925. The highest BCUT2D eigenvalue weighted by Gasteiger charge is 2.29. The number of piperazine rings is 1. The molecular formula is C19H24ClN3. The van der Waals surface area contributed by atoms with Crippen LogP contribution in [0.4, 0.5) is 0 Å². The van der Waals surface area contributed by atoms with Gasteiger partial charge in [-0.3, -0.25) is 9.88 Å². The van der Waals surface area contributed by atoms with Gasteiger partial charge in [0.25, 0.3) is 0 Å². The lowest BCUT2D eigenvalue weighted by molar-refractivity contribution is 0.142. The maximum Gasteiger partial charge on any atom is 0.0777 e. The van der Waals surface area contributed by atoms with Crippen LogP contribution in [0.3, 0.4) is 0 Å². The van der Waals surface area contributed by atoms with Gasteiger partial charge in [0.05, 0.1) is 11.7 Å². The summed E-state index contributed by atoms with van der Waals surface area (Å²) in [5, 5.41) is 4.40. The van der Waals surface area contributed by atoms with E-state index in [-0.39, 0.29) is 6.04 Å². The Morgan fingerprint density at radius 3 is 2.61 bits per heavy atom. The standard InChI is InChI=1S/C19H24ClN3/c1-14(2)18-13-23(12-11-22-18)19(17-5-3-4-10-21-17)15-6-8-16(20)9-7-15/h3-10,14,18-19,22H,11-13H2,1-2H3/t18-,19?/m1/s1. The first-order chi connectivity index (χ1) is 11.1. The summed E-state index contributed by atoms with van der Waals surface area (Å²) in [5.41, 5.74) is 2.34. The van der Waals surface area contributed by atoms with E-state index in [1.54, 1.807) is 0 Å². The Kier molecular flexibility index (Phi) is 5.31. The number of halogens is 1. The Balaban J connectivity index is 1.93. The lowest BCUT2D eigenvalue weighted by atomic mass is 9.96. The second kappa shape index (κ2) is 7.43. The lowest BCUT2D eigenvalue weighted by Crippen LogP contribution is -2.53. The molecule has 1 aromatic heterocycles. The van der Waals surface area contributed by atoms with Gasteiger partial charge in [0.1, 0.15) is 0 Å². The molecule has 1 fully saturated rings. The van der Waals surface area contributed by atoms with Gasteiger partial charge in [0.2, 0.25) is 0 Å². The summed E-state index contributed by atoms with van der Waals surface area (Å²) in [7, 11) is 0. The molecular weight excluding hydrogens is 306 g/mol. The molecule has 2 atom stereocenters. The highest BCUT2D eigenvalue weighted by molar-refractivity contribution is 6.30. The summed E-state index contributed by atoms with van der Waals surface area (Å²) in [4.78, 5) is 7.16. The molecule has 0 radical (unpaired) electrons. The third-order valence-electron chi connectivity index (χ3n) is 4.56. The minimum Gasteiger partial charge on any atom is -0.311 e. The molecule has 122 valence electrons. The van der Waals surface area contributed by atoms with Crippen LogP contribution in [-0.4, -0.2) is 35.6 Å². The lowest BCUT2D eigenvalue weighted by Gasteiger charge is -2.40. The van der Waals surface area contributed by atoms with E-state index < -0.39 is 0 Å². The number of benzene rings is 1. The van der Waals surface area contributed by atoms with Gasteiger partial charge in [-0.15, -0.1) is 0 Å². The minimum absolute atomic E-state index is 0.178. The number of hydrogen-bond donors (Lipinski definition) is 1. The molecule has 1 aliphatic heterocycles. The zero-order valence-electron chi connectivity index (χ0n) is 13.7. The van der Waals surface area contributed by atoms with Crippen LogP contribution < -0.4 is 5.32 Å². The van der Waals surface area contributed by atoms with Crippen LogP contribution in [0.2, 0.25) is 5.02 Å². The average molecular weight is 330 g/mol. The summed E-state index contributed by atoms with van der Waals surface area (Å²) in [6.45, 7) is 7.62. The minimum atomic E-state index is 0.178. The van der Waals surface area contributed by atoms with Crippen molar-refractivity contribution in [3.8, 4) is 0 Å². The molecule has 3 nitrogen and oxygen atoms in total. The Morgan fingerprint density at radius 2 is 1.96 bits per heavy atom. The van der Waals surface area contributed by atoms with Gasteiger partial charge in [0.15, 0.2) is 0 Å². The normalized spacial score (nSPS) is 20.6. The summed E-state index contributed by atoms with van der Waals surface area (Å²) in [5.74, 6) is 0.618. The van der Waals surface area contributed by atoms with Crippen molar-refractivity contribution in [3.05, 3.63) is 64.9 Å². The summed E-state index contributed by atoms with van der Waals surface area (Å²) >= 11 is 6.07. The molecule has 3 rings (SSSR count). The molecule has 2 aromatic rings. The van der Waals surface area contributed by atoms with Crippen LogP contribution in [0.1, 0.15) is 31.1 Å². The van der Waals surface area contributed by atoms with Gasteiger partial charge in [-0.2, -0.15) is 0 Å². The van der Waals surface area contributed by atoms with E-state index in [1.165, 1.54) is 5.56 Å². The van der Waals surface area contributed by atoms with Crippen molar-refractivity contribution in [1.82, 2.24) is 15.2 Å². The molecule has 1 aliphatic rings. The number of rotatable bonds is 4. The smallest absolute Gasteiger partial charge is 0.0777 e. The van der Waals surface area contributed by atoms with E-state index in [0.29, 0.717) is 12.0 Å². The van der Waals surface area contributed by atoms with Crippen LogP contribution in [0.15, 0.2) is 48.7 Å². The fraction of sp³-hybridized carbons (Fsp3) is 0.421. The first-order valence-corrected chi connectivity index (χ1v) is 8.67. The second-order valence-electron chi connectivity index (χ2n) is 6.51. The van der Waals surface area contributed by atoms with Crippen LogP contribution in [0, 0.1) is 5.92 Å². The Labute approximate surface area is 143 Å². The molecule has 1 N–H and O–H groups in total. The summed E-state index contributed by atoms with van der Waals surface area (Å²) in [6, 6.07) is 15.0. The zero-order chi connectivity index (χ0) is 16.2. The second-order valence-corrected chi connectivity index (χ2v) is 6.94. The SMILES string of the molecule is CC(C)[C@H]1CN(C(c2ccc(Cl)cc2)c2ccccn2)CCN1. The van der Waals surface area contributed by atoms with E-state index in [2.05, 4.69) is 53.3 Å². The largest absolute Gasteiger partial charge is 0.311 e. The molecule has 0 amide bonds. The molecule has 1 aromatic carbocycles. The van der Waals surface area contributed by atoms with Gasteiger partial charge in [-0.05, 0) is 35.7 Å². The van der Waals surface area contributed by atoms with Crippen molar-refractivity contribution in [2.75, 3.05) is 19.6 Å². The van der Waals surface area contributed by atoms with Gasteiger partial charge in [-0.25, -0.2) is 0 Å². The average Bonchev–Trinajstić information content (AvgIpc) is 2.58. The summed E-state index contributed by atoms with van der Waals surface area (Å²) in [6.07, 6.45) is 1.88. The highest BCUT2D eigenvalue weighted by atomic mass is 35.5.